The number of phenols is 1. The first-order chi connectivity index (χ1) is 6.74. The molecule has 0 fully saturated rings. The van der Waals surface area contributed by atoms with Crippen LogP contribution in [0.4, 0.5) is 0 Å². The lowest BCUT2D eigenvalue weighted by molar-refractivity contribution is 0.339. The van der Waals surface area contributed by atoms with Crippen LogP contribution >= 0.6 is 22.9 Å². The number of fused-ring (bicyclic) bond motifs is 1. The van der Waals surface area contributed by atoms with Crippen molar-refractivity contribution < 1.29 is 9.84 Å². The fourth-order valence-corrected chi connectivity index (χ4v) is 2.51. The molecular formula is C10H9ClO2S. The molecule has 0 aliphatic heterocycles. The van der Waals surface area contributed by atoms with Gasteiger partial charge in [0.2, 0.25) is 0 Å². The van der Waals surface area contributed by atoms with E-state index in [-0.39, 0.29) is 5.75 Å². The van der Waals surface area contributed by atoms with E-state index in [0.29, 0.717) is 17.4 Å². The van der Waals surface area contributed by atoms with E-state index in [4.69, 9.17) is 16.3 Å². The monoisotopic (exact) mass is 228 g/mol. The Kier molecular flexibility index (Phi) is 2.52. The maximum atomic E-state index is 9.66. The molecule has 0 amide bonds. The SMILES string of the molecule is CCOc1cc(O)c2ccsc2c1Cl. The van der Waals surface area contributed by atoms with Gasteiger partial charge < -0.3 is 9.84 Å². The molecule has 0 radical (unpaired) electrons. The second kappa shape index (κ2) is 3.67. The maximum absolute atomic E-state index is 9.66. The lowest BCUT2D eigenvalue weighted by Gasteiger charge is -2.07. The van der Waals surface area contributed by atoms with Gasteiger partial charge in [0.25, 0.3) is 0 Å². The molecular weight excluding hydrogens is 220 g/mol. The Balaban J connectivity index is 2.68. The van der Waals surface area contributed by atoms with E-state index < -0.39 is 0 Å². The van der Waals surface area contributed by atoms with E-state index in [9.17, 15) is 5.11 Å². The number of ether oxygens (including phenoxy) is 1. The highest BCUT2D eigenvalue weighted by Gasteiger charge is 2.11. The molecule has 0 bridgehead atoms. The first kappa shape index (κ1) is 9.62. The largest absolute Gasteiger partial charge is 0.507 e. The number of aromatic hydroxyl groups is 1. The summed E-state index contributed by atoms with van der Waals surface area (Å²) in [5.41, 5.74) is 0. The van der Waals surface area contributed by atoms with Crippen LogP contribution in [0.1, 0.15) is 6.92 Å². The maximum Gasteiger partial charge on any atom is 0.143 e. The lowest BCUT2D eigenvalue weighted by Crippen LogP contribution is -1.91. The smallest absolute Gasteiger partial charge is 0.143 e. The minimum absolute atomic E-state index is 0.217. The molecule has 1 aromatic heterocycles. The topological polar surface area (TPSA) is 29.5 Å². The zero-order valence-electron chi connectivity index (χ0n) is 7.58. The van der Waals surface area contributed by atoms with E-state index in [0.717, 1.165) is 10.1 Å². The number of phenolic OH excluding ortho intramolecular Hbond substituents is 1. The minimum Gasteiger partial charge on any atom is -0.507 e. The van der Waals surface area contributed by atoms with Crippen LogP contribution in [0.25, 0.3) is 10.1 Å². The molecule has 0 aliphatic rings. The van der Waals surface area contributed by atoms with Crippen LogP contribution in [-0.4, -0.2) is 11.7 Å². The van der Waals surface area contributed by atoms with Crippen molar-refractivity contribution in [1.82, 2.24) is 0 Å². The highest BCUT2D eigenvalue weighted by atomic mass is 35.5. The Morgan fingerprint density at radius 2 is 2.36 bits per heavy atom. The second-order valence-corrected chi connectivity index (χ2v) is 4.10. The van der Waals surface area contributed by atoms with E-state index >= 15 is 0 Å². The molecule has 14 heavy (non-hydrogen) atoms. The van der Waals surface area contributed by atoms with Crippen molar-refractivity contribution in [3.8, 4) is 11.5 Å². The number of thiophene rings is 1. The van der Waals surface area contributed by atoms with Crippen LogP contribution in [0.15, 0.2) is 17.5 Å². The molecule has 1 heterocycles. The number of benzene rings is 1. The Hall–Kier alpha value is -0.930. The summed E-state index contributed by atoms with van der Waals surface area (Å²) in [7, 11) is 0. The van der Waals surface area contributed by atoms with Crippen LogP contribution in [0.3, 0.4) is 0 Å². The van der Waals surface area contributed by atoms with Crippen molar-refractivity contribution in [1.29, 1.82) is 0 Å². The van der Waals surface area contributed by atoms with Gasteiger partial charge in [-0.2, -0.15) is 0 Å². The molecule has 0 atom stereocenters. The highest BCUT2D eigenvalue weighted by Crippen LogP contribution is 2.41. The molecule has 0 unspecified atom stereocenters. The van der Waals surface area contributed by atoms with Crippen molar-refractivity contribution in [2.75, 3.05) is 6.61 Å². The van der Waals surface area contributed by atoms with Gasteiger partial charge in [0, 0.05) is 11.5 Å². The van der Waals surface area contributed by atoms with Crippen LogP contribution in [-0.2, 0) is 0 Å². The van der Waals surface area contributed by atoms with Gasteiger partial charge in [0.1, 0.15) is 16.5 Å². The van der Waals surface area contributed by atoms with Gasteiger partial charge in [0.05, 0.1) is 11.3 Å². The molecule has 74 valence electrons. The summed E-state index contributed by atoms with van der Waals surface area (Å²) in [6.07, 6.45) is 0. The number of hydrogen-bond donors (Lipinski definition) is 1. The second-order valence-electron chi connectivity index (χ2n) is 2.80. The molecule has 0 saturated carbocycles. The molecule has 2 aromatic rings. The van der Waals surface area contributed by atoms with Gasteiger partial charge in [-0.25, -0.2) is 0 Å². The molecule has 0 saturated heterocycles. The van der Waals surface area contributed by atoms with Crippen molar-refractivity contribution in [3.05, 3.63) is 22.5 Å². The zero-order valence-corrected chi connectivity index (χ0v) is 9.15. The summed E-state index contributed by atoms with van der Waals surface area (Å²) in [5, 5.41) is 12.9. The van der Waals surface area contributed by atoms with Crippen LogP contribution in [0.2, 0.25) is 5.02 Å². The first-order valence-electron chi connectivity index (χ1n) is 4.25. The normalized spacial score (nSPS) is 10.7. The molecule has 0 spiro atoms. The average molecular weight is 229 g/mol. The fourth-order valence-electron chi connectivity index (χ4n) is 1.32. The minimum atomic E-state index is 0.217. The molecule has 0 aliphatic carbocycles. The summed E-state index contributed by atoms with van der Waals surface area (Å²) < 4.78 is 6.18. The number of halogens is 1. The highest BCUT2D eigenvalue weighted by molar-refractivity contribution is 7.18. The zero-order chi connectivity index (χ0) is 10.1. The van der Waals surface area contributed by atoms with Gasteiger partial charge in [-0.1, -0.05) is 11.6 Å². The quantitative estimate of drug-likeness (QED) is 0.850. The predicted molar refractivity (Wildman–Crippen MR) is 59.7 cm³/mol. The number of hydrogen-bond acceptors (Lipinski definition) is 3. The summed E-state index contributed by atoms with van der Waals surface area (Å²) in [6, 6.07) is 3.40. The lowest BCUT2D eigenvalue weighted by atomic mass is 10.2. The van der Waals surface area contributed by atoms with E-state index in [1.807, 2.05) is 18.4 Å². The van der Waals surface area contributed by atoms with Gasteiger partial charge >= 0.3 is 0 Å². The van der Waals surface area contributed by atoms with Gasteiger partial charge in [-0.15, -0.1) is 11.3 Å². The summed E-state index contributed by atoms with van der Waals surface area (Å²) >= 11 is 7.60. The third-order valence-electron chi connectivity index (χ3n) is 1.92. The van der Waals surface area contributed by atoms with Crippen molar-refractivity contribution in [2.45, 2.75) is 6.92 Å². The summed E-state index contributed by atoms with van der Waals surface area (Å²) in [4.78, 5) is 0. The van der Waals surface area contributed by atoms with Crippen molar-refractivity contribution in [3.63, 3.8) is 0 Å². The third-order valence-corrected chi connectivity index (χ3v) is 3.34. The number of rotatable bonds is 2. The van der Waals surface area contributed by atoms with Crippen LogP contribution in [0.5, 0.6) is 11.5 Å². The van der Waals surface area contributed by atoms with E-state index in [2.05, 4.69) is 0 Å². The third kappa shape index (κ3) is 1.42. The Bertz CT molecular complexity index is 464. The molecule has 1 aromatic carbocycles. The first-order valence-corrected chi connectivity index (χ1v) is 5.51. The van der Waals surface area contributed by atoms with E-state index in [1.54, 1.807) is 6.07 Å². The Morgan fingerprint density at radius 1 is 1.57 bits per heavy atom. The van der Waals surface area contributed by atoms with Gasteiger partial charge in [0.15, 0.2) is 0 Å². The van der Waals surface area contributed by atoms with Crippen molar-refractivity contribution in [2.24, 2.45) is 0 Å². The molecule has 2 nitrogen and oxygen atoms in total. The Labute approximate surface area is 90.7 Å². The average Bonchev–Trinajstić information content (AvgIpc) is 2.63. The van der Waals surface area contributed by atoms with Gasteiger partial charge in [-0.3, -0.25) is 0 Å². The molecule has 4 heteroatoms. The Morgan fingerprint density at radius 3 is 3.07 bits per heavy atom. The van der Waals surface area contributed by atoms with Crippen molar-refractivity contribution >= 4 is 33.0 Å². The fraction of sp³-hybridized carbons (Fsp3) is 0.200. The van der Waals surface area contributed by atoms with E-state index in [1.165, 1.54) is 11.3 Å². The van der Waals surface area contributed by atoms with Crippen LogP contribution < -0.4 is 4.74 Å². The predicted octanol–water partition coefficient (Wildman–Crippen LogP) is 3.66. The summed E-state index contributed by atoms with van der Waals surface area (Å²) in [6.45, 7) is 2.42. The van der Waals surface area contributed by atoms with Gasteiger partial charge in [-0.05, 0) is 18.4 Å². The molecule has 2 rings (SSSR count). The van der Waals surface area contributed by atoms with Crippen LogP contribution in [0, 0.1) is 0 Å². The molecule has 1 N–H and O–H groups in total. The summed E-state index contributed by atoms with van der Waals surface area (Å²) in [5.74, 6) is 0.760. The standard InChI is InChI=1S/C10H9ClO2S/c1-2-13-8-5-7(12)6-3-4-14-10(6)9(8)11/h3-5,12H,2H2,1H3.